The van der Waals surface area contributed by atoms with Gasteiger partial charge in [-0.05, 0) is 30.5 Å². The summed E-state index contributed by atoms with van der Waals surface area (Å²) in [5.74, 6) is -1.59. The van der Waals surface area contributed by atoms with Crippen LogP contribution in [0.15, 0.2) is 60.7 Å². The van der Waals surface area contributed by atoms with E-state index >= 15 is 0 Å². The SMILES string of the molecule is NCCCC(C(N)=O)N(C(=O)Cc1ccccc1)C(=O)Cc1ccccc1. The first-order valence-corrected chi connectivity index (χ1v) is 8.95. The standard InChI is InChI=1S/C21H25N3O3/c22-13-7-12-18(21(23)27)24(19(25)14-16-8-3-1-4-9-16)20(26)15-17-10-5-2-6-11-17/h1-6,8-11,18H,7,12-15,22H2,(H2,23,27). The fourth-order valence-electron chi connectivity index (χ4n) is 2.91. The molecule has 2 aromatic carbocycles. The number of nitrogens with zero attached hydrogens (tertiary/aromatic N) is 1. The Kier molecular flexibility index (Phi) is 7.70. The van der Waals surface area contributed by atoms with E-state index < -0.39 is 23.8 Å². The smallest absolute Gasteiger partial charge is 0.240 e. The Hall–Kier alpha value is -2.99. The molecule has 2 rings (SSSR count). The van der Waals surface area contributed by atoms with E-state index in [-0.39, 0.29) is 19.3 Å². The quantitative estimate of drug-likeness (QED) is 0.699. The van der Waals surface area contributed by atoms with Crippen molar-refractivity contribution in [2.24, 2.45) is 11.5 Å². The first-order valence-electron chi connectivity index (χ1n) is 8.95. The molecule has 0 saturated heterocycles. The van der Waals surface area contributed by atoms with Crippen molar-refractivity contribution in [3.63, 3.8) is 0 Å². The van der Waals surface area contributed by atoms with Crippen LogP contribution in [0.2, 0.25) is 0 Å². The molecule has 2 aromatic rings. The number of rotatable bonds is 9. The van der Waals surface area contributed by atoms with Crippen LogP contribution in [0.25, 0.3) is 0 Å². The summed E-state index contributed by atoms with van der Waals surface area (Å²) >= 11 is 0. The maximum atomic E-state index is 12.9. The number of carbonyl (C=O) groups excluding carboxylic acids is 3. The van der Waals surface area contributed by atoms with Crippen LogP contribution in [-0.4, -0.2) is 35.2 Å². The second-order valence-corrected chi connectivity index (χ2v) is 6.33. The van der Waals surface area contributed by atoms with Gasteiger partial charge in [0, 0.05) is 0 Å². The summed E-state index contributed by atoms with van der Waals surface area (Å²) in [4.78, 5) is 38.9. The molecule has 142 valence electrons. The van der Waals surface area contributed by atoms with E-state index in [0.29, 0.717) is 13.0 Å². The number of carbonyl (C=O) groups is 3. The molecule has 0 aliphatic rings. The molecule has 27 heavy (non-hydrogen) atoms. The number of benzene rings is 2. The normalized spacial score (nSPS) is 11.6. The van der Waals surface area contributed by atoms with Crippen molar-refractivity contribution >= 4 is 17.7 Å². The molecule has 6 heteroatoms. The minimum absolute atomic E-state index is 0.0216. The summed E-state index contributed by atoms with van der Waals surface area (Å²) in [7, 11) is 0. The molecule has 1 unspecified atom stereocenters. The third-order valence-electron chi connectivity index (χ3n) is 4.26. The largest absolute Gasteiger partial charge is 0.368 e. The van der Waals surface area contributed by atoms with Crippen molar-refractivity contribution in [3.8, 4) is 0 Å². The summed E-state index contributed by atoms with van der Waals surface area (Å²) in [6.45, 7) is 0.345. The van der Waals surface area contributed by atoms with E-state index in [9.17, 15) is 14.4 Å². The average molecular weight is 367 g/mol. The topological polar surface area (TPSA) is 106 Å². The molecule has 0 radical (unpaired) electrons. The number of hydrogen-bond acceptors (Lipinski definition) is 4. The van der Waals surface area contributed by atoms with Crippen LogP contribution < -0.4 is 11.5 Å². The lowest BCUT2D eigenvalue weighted by Crippen LogP contribution is -2.52. The van der Waals surface area contributed by atoms with E-state index in [1.807, 2.05) is 36.4 Å². The Bertz CT molecular complexity index is 709. The van der Waals surface area contributed by atoms with Gasteiger partial charge in [0.15, 0.2) is 0 Å². The minimum atomic E-state index is -0.999. The molecule has 0 heterocycles. The third kappa shape index (κ3) is 6.04. The fourth-order valence-corrected chi connectivity index (χ4v) is 2.91. The lowest BCUT2D eigenvalue weighted by Gasteiger charge is -2.28. The number of amides is 3. The number of nitrogens with two attached hydrogens (primary N) is 2. The Balaban J connectivity index is 2.26. The number of hydrogen-bond donors (Lipinski definition) is 2. The second-order valence-electron chi connectivity index (χ2n) is 6.33. The summed E-state index contributed by atoms with van der Waals surface area (Å²) < 4.78 is 0. The van der Waals surface area contributed by atoms with E-state index in [1.165, 1.54) is 0 Å². The summed E-state index contributed by atoms with van der Waals surface area (Å²) in [6.07, 6.45) is 0.787. The van der Waals surface area contributed by atoms with Gasteiger partial charge in [-0.15, -0.1) is 0 Å². The van der Waals surface area contributed by atoms with Gasteiger partial charge in [-0.3, -0.25) is 19.3 Å². The zero-order valence-corrected chi connectivity index (χ0v) is 15.2. The van der Waals surface area contributed by atoms with Gasteiger partial charge >= 0.3 is 0 Å². The van der Waals surface area contributed by atoms with Crippen molar-refractivity contribution in [2.45, 2.75) is 31.7 Å². The highest BCUT2D eigenvalue weighted by atomic mass is 16.2. The molecule has 6 nitrogen and oxygen atoms in total. The average Bonchev–Trinajstić information content (AvgIpc) is 2.66. The first kappa shape index (κ1) is 20.3. The maximum Gasteiger partial charge on any atom is 0.240 e. The molecule has 0 aliphatic carbocycles. The van der Waals surface area contributed by atoms with E-state index in [4.69, 9.17) is 11.5 Å². The predicted octanol–water partition coefficient (Wildman–Crippen LogP) is 1.42. The summed E-state index contributed by atoms with van der Waals surface area (Å²) in [5.41, 5.74) is 12.6. The van der Waals surface area contributed by atoms with Gasteiger partial charge in [0.1, 0.15) is 6.04 Å². The van der Waals surface area contributed by atoms with Gasteiger partial charge < -0.3 is 11.5 Å². The van der Waals surface area contributed by atoms with Crippen LogP contribution >= 0.6 is 0 Å². The Morgan fingerprint density at radius 1 is 0.815 bits per heavy atom. The molecule has 4 N–H and O–H groups in total. The Morgan fingerprint density at radius 2 is 1.26 bits per heavy atom. The summed E-state index contributed by atoms with van der Waals surface area (Å²) in [5, 5.41) is 0. The van der Waals surface area contributed by atoms with Crippen LogP contribution in [0.4, 0.5) is 0 Å². The molecule has 0 fully saturated rings. The van der Waals surface area contributed by atoms with E-state index in [1.54, 1.807) is 24.3 Å². The maximum absolute atomic E-state index is 12.9. The molecule has 1 atom stereocenters. The van der Waals surface area contributed by atoms with Crippen molar-refractivity contribution in [3.05, 3.63) is 71.8 Å². The van der Waals surface area contributed by atoms with Gasteiger partial charge in [-0.2, -0.15) is 0 Å². The van der Waals surface area contributed by atoms with E-state index in [0.717, 1.165) is 16.0 Å². The van der Waals surface area contributed by atoms with Crippen LogP contribution in [0.3, 0.4) is 0 Å². The van der Waals surface area contributed by atoms with Crippen molar-refractivity contribution in [1.29, 1.82) is 0 Å². The molecule has 0 bridgehead atoms. The summed E-state index contributed by atoms with van der Waals surface area (Å²) in [6, 6.07) is 17.2. The van der Waals surface area contributed by atoms with Crippen LogP contribution in [0.1, 0.15) is 24.0 Å². The fraction of sp³-hybridized carbons (Fsp3) is 0.286. The van der Waals surface area contributed by atoms with Gasteiger partial charge in [0.2, 0.25) is 17.7 Å². The lowest BCUT2D eigenvalue weighted by molar-refractivity contribution is -0.151. The van der Waals surface area contributed by atoms with Crippen LogP contribution in [0.5, 0.6) is 0 Å². The lowest BCUT2D eigenvalue weighted by atomic mass is 10.0. The van der Waals surface area contributed by atoms with Crippen LogP contribution in [-0.2, 0) is 27.2 Å². The van der Waals surface area contributed by atoms with Crippen LogP contribution in [0, 0.1) is 0 Å². The molecule has 0 spiro atoms. The van der Waals surface area contributed by atoms with Gasteiger partial charge in [0.25, 0.3) is 0 Å². The van der Waals surface area contributed by atoms with Gasteiger partial charge in [-0.1, -0.05) is 60.7 Å². The predicted molar refractivity (Wildman–Crippen MR) is 103 cm³/mol. The van der Waals surface area contributed by atoms with Crippen molar-refractivity contribution in [1.82, 2.24) is 4.90 Å². The highest BCUT2D eigenvalue weighted by Crippen LogP contribution is 2.14. The molecule has 3 amide bonds. The van der Waals surface area contributed by atoms with E-state index in [2.05, 4.69) is 0 Å². The third-order valence-corrected chi connectivity index (χ3v) is 4.26. The highest BCUT2D eigenvalue weighted by Gasteiger charge is 2.32. The van der Waals surface area contributed by atoms with Crippen molar-refractivity contribution in [2.75, 3.05) is 6.54 Å². The minimum Gasteiger partial charge on any atom is -0.368 e. The monoisotopic (exact) mass is 367 g/mol. The molecule has 0 aliphatic heterocycles. The molecule has 0 aromatic heterocycles. The number of imide groups is 1. The highest BCUT2D eigenvalue weighted by molar-refractivity contribution is 6.01. The molecular weight excluding hydrogens is 342 g/mol. The second kappa shape index (κ2) is 10.2. The van der Waals surface area contributed by atoms with Gasteiger partial charge in [-0.25, -0.2) is 0 Å². The molecule has 0 saturated carbocycles. The Morgan fingerprint density at radius 3 is 1.63 bits per heavy atom. The first-order chi connectivity index (χ1) is 13.0. The zero-order valence-electron chi connectivity index (χ0n) is 15.2. The Labute approximate surface area is 159 Å². The zero-order chi connectivity index (χ0) is 19.6. The number of primary amides is 1. The van der Waals surface area contributed by atoms with Crippen molar-refractivity contribution < 1.29 is 14.4 Å². The van der Waals surface area contributed by atoms with Gasteiger partial charge in [0.05, 0.1) is 12.8 Å². The molecular formula is C21H25N3O3.